The van der Waals surface area contributed by atoms with Gasteiger partial charge in [0.1, 0.15) is 12.4 Å². The second-order valence-electron chi connectivity index (χ2n) is 4.16. The molecule has 7 heteroatoms. The summed E-state index contributed by atoms with van der Waals surface area (Å²) < 4.78 is 12.5. The number of rotatable bonds is 8. The van der Waals surface area contributed by atoms with Crippen molar-refractivity contribution < 1.29 is 23.5 Å². The molecule has 0 radical (unpaired) electrons. The number of hydrogen-bond donors (Lipinski definition) is 0. The van der Waals surface area contributed by atoms with Crippen LogP contribution in [0.25, 0.3) is 0 Å². The summed E-state index contributed by atoms with van der Waals surface area (Å²) in [5.41, 5.74) is 0. The first kappa shape index (κ1) is 13.4. The van der Waals surface area contributed by atoms with Gasteiger partial charge in [-0.05, 0) is 0 Å². The zero-order valence-electron chi connectivity index (χ0n) is 11.3. The van der Waals surface area contributed by atoms with E-state index in [2.05, 4.69) is 0 Å². The quantitative estimate of drug-likeness (QED) is 0.433. The largest absolute Gasteiger partial charge is 0.374 e. The van der Waals surface area contributed by atoms with Crippen molar-refractivity contribution in [3.05, 3.63) is 37.4 Å². The Hall–Kier alpha value is -2.02. The lowest BCUT2D eigenvalue weighted by Gasteiger charge is -2.03. The van der Waals surface area contributed by atoms with Gasteiger partial charge in [0.2, 0.25) is 0 Å². The van der Waals surface area contributed by atoms with Crippen LogP contribution in [0.15, 0.2) is 37.4 Å². The molecule has 0 spiro atoms. The maximum atomic E-state index is 5.42. The van der Waals surface area contributed by atoms with Crippen LogP contribution in [-0.4, -0.2) is 35.9 Å². The van der Waals surface area contributed by atoms with Crippen LogP contribution in [0.5, 0.6) is 0 Å². The number of aromatic nitrogens is 4. The Bertz CT molecular complexity index is 450. The molecule has 0 bridgehead atoms. The molecule has 0 unspecified atom stereocenters. The van der Waals surface area contributed by atoms with E-state index >= 15 is 0 Å². The number of hydrogen-bond acceptors (Lipinski definition) is 3. The summed E-state index contributed by atoms with van der Waals surface area (Å²) in [6, 6.07) is 0. The van der Waals surface area contributed by atoms with Gasteiger partial charge in [-0.3, -0.25) is 0 Å². The molecular formula is C12H20N4O3+2. The molecule has 0 amide bonds. The van der Waals surface area contributed by atoms with Gasteiger partial charge in [-0.15, -0.1) is 0 Å². The molecule has 0 atom stereocenters. The average Bonchev–Trinajstić information content (AvgIpc) is 2.97. The van der Waals surface area contributed by atoms with Crippen LogP contribution >= 0.6 is 0 Å². The summed E-state index contributed by atoms with van der Waals surface area (Å²) >= 11 is 0. The minimum absolute atomic E-state index is 0.507. The molecule has 0 saturated carbocycles. The predicted molar refractivity (Wildman–Crippen MR) is 64.9 cm³/mol. The fourth-order valence-electron chi connectivity index (χ4n) is 1.51. The van der Waals surface area contributed by atoms with Gasteiger partial charge in [-0.1, -0.05) is 9.46 Å². The summed E-state index contributed by atoms with van der Waals surface area (Å²) in [5.74, 6) is 0. The van der Waals surface area contributed by atoms with Gasteiger partial charge in [-0.2, -0.15) is 0 Å². The first-order valence-corrected chi connectivity index (χ1v) is 6.15. The molecule has 0 aliphatic heterocycles. The molecular weight excluding hydrogens is 248 g/mol. The van der Waals surface area contributed by atoms with E-state index in [0.717, 1.165) is 0 Å². The lowest BCUT2D eigenvalue weighted by atomic mass is 10.7. The third kappa shape index (κ3) is 4.63. The van der Waals surface area contributed by atoms with Crippen molar-refractivity contribution in [2.24, 2.45) is 14.1 Å². The minimum Gasteiger partial charge on any atom is -0.374 e. The Balaban J connectivity index is 1.48. The molecule has 0 saturated heterocycles. The monoisotopic (exact) mass is 268 g/mol. The maximum Gasteiger partial charge on any atom is 0.284 e. The van der Waals surface area contributed by atoms with E-state index in [1.807, 2.05) is 60.7 Å². The van der Waals surface area contributed by atoms with Crippen LogP contribution in [-0.2, 0) is 18.8 Å². The summed E-state index contributed by atoms with van der Waals surface area (Å²) in [6.07, 6.45) is 11.2. The van der Waals surface area contributed by atoms with Gasteiger partial charge in [-0.25, -0.2) is 9.13 Å². The molecule has 19 heavy (non-hydrogen) atoms. The molecule has 0 aliphatic rings. The summed E-state index contributed by atoms with van der Waals surface area (Å²) in [7, 11) is 3.88. The fourth-order valence-corrected chi connectivity index (χ4v) is 1.51. The van der Waals surface area contributed by atoms with E-state index in [-0.39, 0.29) is 0 Å². The third-order valence-corrected chi connectivity index (χ3v) is 2.43. The van der Waals surface area contributed by atoms with Crippen LogP contribution in [0.4, 0.5) is 0 Å². The standard InChI is InChI=1S/C12H20N4O3/c1-13-3-5-15(11-13)18-9-7-17-8-10-19-16-6-4-14(2)12-16/h3-6,11-12H,7-10H2,1-2H3/q+2. The van der Waals surface area contributed by atoms with E-state index in [9.17, 15) is 0 Å². The highest BCUT2D eigenvalue weighted by atomic mass is 16.7. The SMILES string of the molecule is C[n+]1ccn(OCCOCCOn2cc[n+](C)c2)c1. The van der Waals surface area contributed by atoms with Crippen molar-refractivity contribution in [1.82, 2.24) is 9.46 Å². The Morgan fingerprint density at radius 3 is 1.63 bits per heavy atom. The number of aryl methyl sites for hydroxylation is 2. The molecule has 7 nitrogen and oxygen atoms in total. The lowest BCUT2D eigenvalue weighted by molar-refractivity contribution is -0.672. The fraction of sp³-hybridized carbons (Fsp3) is 0.500. The molecule has 0 aliphatic carbocycles. The molecule has 2 aromatic rings. The van der Waals surface area contributed by atoms with Crippen LogP contribution in [0.3, 0.4) is 0 Å². The van der Waals surface area contributed by atoms with Gasteiger partial charge in [0.05, 0.1) is 27.3 Å². The molecule has 2 heterocycles. The van der Waals surface area contributed by atoms with Gasteiger partial charge >= 0.3 is 0 Å². The Morgan fingerprint density at radius 2 is 1.26 bits per heavy atom. The van der Waals surface area contributed by atoms with E-state index < -0.39 is 0 Å². The predicted octanol–water partition coefficient (Wildman–Crippen LogP) is -1.49. The molecule has 2 aromatic heterocycles. The topological polar surface area (TPSA) is 45.3 Å². The number of ether oxygens (including phenoxy) is 1. The minimum atomic E-state index is 0.507. The first-order chi connectivity index (χ1) is 9.24. The number of nitrogens with zero attached hydrogens (tertiary/aromatic N) is 4. The third-order valence-electron chi connectivity index (χ3n) is 2.43. The zero-order valence-corrected chi connectivity index (χ0v) is 11.3. The molecule has 2 rings (SSSR count). The maximum absolute atomic E-state index is 5.42. The van der Waals surface area contributed by atoms with Crippen LogP contribution in [0.1, 0.15) is 0 Å². The first-order valence-electron chi connectivity index (χ1n) is 6.15. The van der Waals surface area contributed by atoms with Crippen molar-refractivity contribution in [3.8, 4) is 0 Å². The number of imidazole rings is 2. The molecule has 0 aromatic carbocycles. The van der Waals surface area contributed by atoms with Crippen molar-refractivity contribution in [2.75, 3.05) is 26.4 Å². The van der Waals surface area contributed by atoms with Crippen LogP contribution < -0.4 is 18.8 Å². The van der Waals surface area contributed by atoms with Gasteiger partial charge in [0.25, 0.3) is 12.7 Å². The van der Waals surface area contributed by atoms with Gasteiger partial charge in [0, 0.05) is 0 Å². The summed E-state index contributed by atoms with van der Waals surface area (Å²) in [6.45, 7) is 2.08. The summed E-state index contributed by atoms with van der Waals surface area (Å²) in [4.78, 5) is 10.8. The van der Waals surface area contributed by atoms with Crippen molar-refractivity contribution in [2.45, 2.75) is 0 Å². The van der Waals surface area contributed by atoms with Crippen LogP contribution in [0, 0.1) is 0 Å². The zero-order chi connectivity index (χ0) is 13.5. The van der Waals surface area contributed by atoms with Crippen LogP contribution in [0.2, 0.25) is 0 Å². The molecule has 0 fully saturated rings. The van der Waals surface area contributed by atoms with E-state index in [1.165, 1.54) is 0 Å². The highest BCUT2D eigenvalue weighted by Crippen LogP contribution is 1.81. The van der Waals surface area contributed by atoms with E-state index in [4.69, 9.17) is 14.4 Å². The van der Waals surface area contributed by atoms with Crippen molar-refractivity contribution >= 4 is 0 Å². The van der Waals surface area contributed by atoms with E-state index in [0.29, 0.717) is 26.4 Å². The average molecular weight is 268 g/mol. The van der Waals surface area contributed by atoms with Gasteiger partial charge in [0.15, 0.2) is 25.6 Å². The Kier molecular flexibility index (Phi) is 4.79. The Morgan fingerprint density at radius 1 is 0.789 bits per heavy atom. The van der Waals surface area contributed by atoms with Crippen molar-refractivity contribution in [1.29, 1.82) is 0 Å². The summed E-state index contributed by atoms with van der Waals surface area (Å²) in [5, 5.41) is 0. The van der Waals surface area contributed by atoms with Crippen molar-refractivity contribution in [3.63, 3.8) is 0 Å². The van der Waals surface area contributed by atoms with E-state index in [1.54, 1.807) is 9.46 Å². The normalized spacial score (nSPS) is 10.6. The smallest absolute Gasteiger partial charge is 0.284 e. The highest BCUT2D eigenvalue weighted by Gasteiger charge is 2.01. The highest BCUT2D eigenvalue weighted by molar-refractivity contribution is 4.60. The molecule has 104 valence electrons. The second kappa shape index (κ2) is 6.79. The van der Waals surface area contributed by atoms with Gasteiger partial charge < -0.3 is 14.4 Å². The Labute approximate surface area is 112 Å². The lowest BCUT2D eigenvalue weighted by Crippen LogP contribution is -2.26. The second-order valence-corrected chi connectivity index (χ2v) is 4.16. The molecule has 0 N–H and O–H groups in total.